The van der Waals surface area contributed by atoms with Gasteiger partial charge in [0.05, 0.1) is 0 Å². The first kappa shape index (κ1) is 19.3. The molecule has 0 aliphatic rings. The van der Waals surface area contributed by atoms with E-state index in [-0.39, 0.29) is 11.8 Å². The van der Waals surface area contributed by atoms with Gasteiger partial charge >= 0.3 is 6.03 Å². The molecule has 0 atom stereocenters. The summed E-state index contributed by atoms with van der Waals surface area (Å²) < 4.78 is 0. The lowest BCUT2D eigenvalue weighted by molar-refractivity contribution is 0.252. The number of phenolic OH excluding ortho intramolecular Hbond substituents is 1. The van der Waals surface area contributed by atoms with Crippen LogP contribution in [0.2, 0.25) is 0 Å². The zero-order valence-corrected chi connectivity index (χ0v) is 14.4. The molecule has 0 heterocycles. The molecule has 1 rings (SSSR count). The van der Waals surface area contributed by atoms with E-state index in [9.17, 15) is 9.90 Å². The fraction of sp³-hybridized carbons (Fsp3) is 0.632. The van der Waals surface area contributed by atoms with Crippen LogP contribution in [0.1, 0.15) is 71.1 Å². The van der Waals surface area contributed by atoms with Crippen molar-refractivity contribution in [3.05, 3.63) is 24.3 Å². The van der Waals surface area contributed by atoms with Crippen molar-refractivity contribution in [2.24, 2.45) is 0 Å². The number of unbranched alkanes of at least 4 members (excludes halogenated alkanes) is 9. The number of amides is 2. The van der Waals surface area contributed by atoms with E-state index in [1.807, 2.05) is 0 Å². The smallest absolute Gasteiger partial charge is 0.319 e. The first-order valence-electron chi connectivity index (χ1n) is 9.06. The van der Waals surface area contributed by atoms with E-state index in [0.29, 0.717) is 12.2 Å². The minimum atomic E-state index is -0.188. The fourth-order valence-corrected chi connectivity index (χ4v) is 2.53. The van der Waals surface area contributed by atoms with Crippen molar-refractivity contribution in [1.82, 2.24) is 5.32 Å². The molecule has 4 heteroatoms. The molecule has 3 N–H and O–H groups in total. The normalized spacial score (nSPS) is 10.5. The number of carbonyl (C=O) groups excluding carboxylic acids is 1. The number of hydrogen-bond donors (Lipinski definition) is 3. The van der Waals surface area contributed by atoms with Gasteiger partial charge in [-0.05, 0) is 30.7 Å². The van der Waals surface area contributed by atoms with Crippen molar-refractivity contribution in [3.63, 3.8) is 0 Å². The van der Waals surface area contributed by atoms with Crippen LogP contribution in [0.4, 0.5) is 10.5 Å². The highest BCUT2D eigenvalue weighted by Crippen LogP contribution is 2.13. The number of aromatic hydroxyl groups is 1. The third kappa shape index (κ3) is 10.6. The van der Waals surface area contributed by atoms with Crippen molar-refractivity contribution in [2.75, 3.05) is 11.9 Å². The Bertz CT molecular complexity index is 418. The van der Waals surface area contributed by atoms with Crippen LogP contribution in [-0.2, 0) is 0 Å². The number of phenols is 1. The van der Waals surface area contributed by atoms with Gasteiger partial charge in [0.2, 0.25) is 0 Å². The van der Waals surface area contributed by atoms with Crippen molar-refractivity contribution >= 4 is 11.7 Å². The molecule has 0 aromatic heterocycles. The van der Waals surface area contributed by atoms with Crippen LogP contribution in [0.15, 0.2) is 24.3 Å². The topological polar surface area (TPSA) is 61.4 Å². The molecule has 0 unspecified atom stereocenters. The minimum Gasteiger partial charge on any atom is -0.508 e. The maximum atomic E-state index is 11.7. The summed E-state index contributed by atoms with van der Waals surface area (Å²) in [5, 5.41) is 14.8. The highest BCUT2D eigenvalue weighted by Gasteiger charge is 2.00. The van der Waals surface area contributed by atoms with E-state index in [2.05, 4.69) is 17.6 Å². The molecule has 0 radical (unpaired) electrons. The second-order valence-electron chi connectivity index (χ2n) is 6.11. The SMILES string of the molecule is CCCCCCCCCCCCNC(=O)Nc1ccc(O)cc1. The van der Waals surface area contributed by atoms with Crippen LogP contribution in [0.3, 0.4) is 0 Å². The van der Waals surface area contributed by atoms with Gasteiger partial charge in [-0.15, -0.1) is 0 Å². The van der Waals surface area contributed by atoms with Crippen molar-refractivity contribution in [1.29, 1.82) is 0 Å². The second kappa shape index (κ2) is 12.8. The molecule has 0 bridgehead atoms. The molecule has 0 spiro atoms. The maximum Gasteiger partial charge on any atom is 0.319 e. The van der Waals surface area contributed by atoms with Gasteiger partial charge in [0, 0.05) is 12.2 Å². The Balaban J connectivity index is 1.90. The molecular formula is C19H32N2O2. The van der Waals surface area contributed by atoms with Crippen LogP contribution in [0.25, 0.3) is 0 Å². The number of anilines is 1. The summed E-state index contributed by atoms with van der Waals surface area (Å²) in [5.74, 6) is 0.196. The molecule has 0 fully saturated rings. The third-order valence-electron chi connectivity index (χ3n) is 3.94. The molecule has 2 amide bonds. The number of urea groups is 1. The summed E-state index contributed by atoms with van der Waals surface area (Å²) >= 11 is 0. The van der Waals surface area contributed by atoms with Gasteiger partial charge in [0.15, 0.2) is 0 Å². The molecule has 1 aromatic rings. The maximum absolute atomic E-state index is 11.7. The largest absolute Gasteiger partial charge is 0.508 e. The van der Waals surface area contributed by atoms with Crippen molar-refractivity contribution in [2.45, 2.75) is 71.1 Å². The van der Waals surface area contributed by atoms with E-state index in [1.165, 1.54) is 57.8 Å². The van der Waals surface area contributed by atoms with Gasteiger partial charge in [0.1, 0.15) is 5.75 Å². The molecule has 4 nitrogen and oxygen atoms in total. The van der Waals surface area contributed by atoms with Crippen LogP contribution in [-0.4, -0.2) is 17.7 Å². The molecule has 1 aromatic carbocycles. The predicted octanol–water partition coefficient (Wildman–Crippen LogP) is 5.43. The number of hydrogen-bond acceptors (Lipinski definition) is 2. The molecule has 0 saturated carbocycles. The van der Waals surface area contributed by atoms with Gasteiger partial charge in [-0.2, -0.15) is 0 Å². The van der Waals surface area contributed by atoms with Gasteiger partial charge in [-0.25, -0.2) is 4.79 Å². The number of carbonyl (C=O) groups is 1. The Labute approximate surface area is 140 Å². The fourth-order valence-electron chi connectivity index (χ4n) is 2.53. The summed E-state index contributed by atoms with van der Waals surface area (Å²) in [5.41, 5.74) is 0.684. The monoisotopic (exact) mass is 320 g/mol. The molecular weight excluding hydrogens is 288 g/mol. The Morgan fingerprint density at radius 2 is 1.39 bits per heavy atom. The van der Waals surface area contributed by atoms with Crippen LogP contribution >= 0.6 is 0 Å². The molecule has 130 valence electrons. The molecule has 0 aliphatic heterocycles. The summed E-state index contributed by atoms with van der Waals surface area (Å²) in [7, 11) is 0. The highest BCUT2D eigenvalue weighted by atomic mass is 16.3. The van der Waals surface area contributed by atoms with Crippen LogP contribution in [0.5, 0.6) is 5.75 Å². The van der Waals surface area contributed by atoms with Crippen LogP contribution in [0, 0.1) is 0 Å². The Morgan fingerprint density at radius 1 is 0.870 bits per heavy atom. The van der Waals surface area contributed by atoms with Gasteiger partial charge < -0.3 is 15.7 Å². The van der Waals surface area contributed by atoms with E-state index in [4.69, 9.17) is 0 Å². The quantitative estimate of drug-likeness (QED) is 0.355. The number of rotatable bonds is 12. The molecule has 0 aliphatic carbocycles. The van der Waals surface area contributed by atoms with Crippen molar-refractivity contribution < 1.29 is 9.90 Å². The average molecular weight is 320 g/mol. The average Bonchev–Trinajstić information content (AvgIpc) is 2.55. The lowest BCUT2D eigenvalue weighted by Crippen LogP contribution is -2.29. The van der Waals surface area contributed by atoms with Gasteiger partial charge in [-0.3, -0.25) is 0 Å². The van der Waals surface area contributed by atoms with E-state index >= 15 is 0 Å². The Kier molecular flexibility index (Phi) is 10.8. The molecule has 0 saturated heterocycles. The number of benzene rings is 1. The highest BCUT2D eigenvalue weighted by molar-refractivity contribution is 5.89. The van der Waals surface area contributed by atoms with Crippen molar-refractivity contribution in [3.8, 4) is 5.75 Å². The summed E-state index contributed by atoms with van der Waals surface area (Å²) in [6, 6.07) is 6.27. The zero-order chi connectivity index (χ0) is 16.8. The first-order valence-corrected chi connectivity index (χ1v) is 9.06. The predicted molar refractivity (Wildman–Crippen MR) is 97.0 cm³/mol. The summed E-state index contributed by atoms with van der Waals surface area (Å²) in [4.78, 5) is 11.7. The number of nitrogens with one attached hydrogen (secondary N) is 2. The molecule has 23 heavy (non-hydrogen) atoms. The van der Waals surface area contributed by atoms with Crippen LogP contribution < -0.4 is 10.6 Å². The second-order valence-corrected chi connectivity index (χ2v) is 6.11. The Hall–Kier alpha value is -1.71. The zero-order valence-electron chi connectivity index (χ0n) is 14.4. The van der Waals surface area contributed by atoms with E-state index in [1.54, 1.807) is 24.3 Å². The summed E-state index contributed by atoms with van der Waals surface area (Å²) in [6.45, 7) is 2.96. The first-order chi connectivity index (χ1) is 11.2. The van der Waals surface area contributed by atoms with Gasteiger partial charge in [0.25, 0.3) is 0 Å². The third-order valence-corrected chi connectivity index (χ3v) is 3.94. The minimum absolute atomic E-state index is 0.188. The van der Waals surface area contributed by atoms with Gasteiger partial charge in [-0.1, -0.05) is 64.7 Å². The standard InChI is InChI=1S/C19H32N2O2/c1-2-3-4-5-6-7-8-9-10-11-16-20-19(23)21-17-12-14-18(22)15-13-17/h12-15,22H,2-11,16H2,1H3,(H2,20,21,23). The summed E-state index contributed by atoms with van der Waals surface area (Å²) in [6.07, 6.45) is 12.9. The Morgan fingerprint density at radius 3 is 1.96 bits per heavy atom. The lowest BCUT2D eigenvalue weighted by atomic mass is 10.1. The lowest BCUT2D eigenvalue weighted by Gasteiger charge is -2.07. The van der Waals surface area contributed by atoms with E-state index < -0.39 is 0 Å². The van der Waals surface area contributed by atoms with E-state index in [0.717, 1.165) is 6.42 Å².